The van der Waals surface area contributed by atoms with Gasteiger partial charge in [-0.2, -0.15) is 0 Å². The van der Waals surface area contributed by atoms with E-state index in [0.717, 1.165) is 24.7 Å². The number of aromatic nitrogens is 2. The molecule has 0 spiro atoms. The molecule has 0 radical (unpaired) electrons. The molecule has 1 saturated carbocycles. The van der Waals surface area contributed by atoms with Crippen molar-refractivity contribution in [3.05, 3.63) is 11.9 Å². The lowest BCUT2D eigenvalue weighted by atomic mass is 9.95. The fraction of sp³-hybridized carbons (Fsp3) is 0.812. The molecule has 0 aromatic carbocycles. The molecule has 0 amide bonds. The summed E-state index contributed by atoms with van der Waals surface area (Å²) < 4.78 is 2.38. The van der Waals surface area contributed by atoms with E-state index in [0.29, 0.717) is 12.1 Å². The van der Waals surface area contributed by atoms with Gasteiger partial charge in [0.05, 0.1) is 5.69 Å². The maximum absolute atomic E-state index is 4.66. The van der Waals surface area contributed by atoms with Gasteiger partial charge in [0.1, 0.15) is 0 Å². The van der Waals surface area contributed by atoms with E-state index < -0.39 is 0 Å². The zero-order valence-electron chi connectivity index (χ0n) is 13.5. The van der Waals surface area contributed by atoms with Crippen LogP contribution in [-0.2, 0) is 0 Å². The third-order valence-electron chi connectivity index (χ3n) is 4.45. The number of nitrogens with zero attached hydrogens (tertiary/aromatic N) is 3. The first-order valence-corrected chi connectivity index (χ1v) is 8.07. The summed E-state index contributed by atoms with van der Waals surface area (Å²) in [5.41, 5.74) is 1.12. The molecule has 2 rings (SSSR count). The summed E-state index contributed by atoms with van der Waals surface area (Å²) in [6, 6.07) is 1.24. The molecule has 114 valence electrons. The molecule has 0 unspecified atom stereocenters. The minimum atomic E-state index is 0.594. The van der Waals surface area contributed by atoms with Crippen LogP contribution in [0.5, 0.6) is 0 Å². The summed E-state index contributed by atoms with van der Waals surface area (Å²) in [7, 11) is 2.17. The van der Waals surface area contributed by atoms with Crippen LogP contribution >= 0.6 is 0 Å². The number of hydrogen-bond donors (Lipinski definition) is 1. The lowest BCUT2D eigenvalue weighted by Crippen LogP contribution is -2.31. The quantitative estimate of drug-likeness (QED) is 0.865. The summed E-state index contributed by atoms with van der Waals surface area (Å²) in [6.45, 7) is 8.55. The van der Waals surface area contributed by atoms with Crippen LogP contribution in [0.2, 0.25) is 0 Å². The largest absolute Gasteiger partial charge is 0.354 e. The van der Waals surface area contributed by atoms with Gasteiger partial charge in [-0.1, -0.05) is 19.3 Å². The first-order chi connectivity index (χ1) is 9.58. The van der Waals surface area contributed by atoms with Crippen LogP contribution in [0.1, 0.15) is 57.7 Å². The fourth-order valence-corrected chi connectivity index (χ4v) is 2.89. The maximum atomic E-state index is 4.66. The molecule has 1 aliphatic carbocycles. The van der Waals surface area contributed by atoms with Gasteiger partial charge in [0.25, 0.3) is 0 Å². The van der Waals surface area contributed by atoms with E-state index in [1.807, 2.05) is 0 Å². The number of hydrogen-bond acceptors (Lipinski definition) is 3. The van der Waals surface area contributed by atoms with Gasteiger partial charge in [-0.15, -0.1) is 0 Å². The van der Waals surface area contributed by atoms with E-state index in [2.05, 4.69) is 53.8 Å². The number of nitrogens with one attached hydrogen (secondary N) is 1. The Balaban J connectivity index is 1.93. The summed E-state index contributed by atoms with van der Waals surface area (Å²) in [6.07, 6.45) is 8.93. The Labute approximate surface area is 123 Å². The van der Waals surface area contributed by atoms with Crippen molar-refractivity contribution in [3.63, 3.8) is 0 Å². The van der Waals surface area contributed by atoms with Crippen LogP contribution in [0.3, 0.4) is 0 Å². The second kappa shape index (κ2) is 7.11. The molecule has 0 saturated heterocycles. The van der Waals surface area contributed by atoms with Gasteiger partial charge in [0, 0.05) is 31.4 Å². The topological polar surface area (TPSA) is 33.1 Å². The monoisotopic (exact) mass is 278 g/mol. The molecule has 1 aromatic rings. The van der Waals surface area contributed by atoms with E-state index in [4.69, 9.17) is 0 Å². The van der Waals surface area contributed by atoms with E-state index >= 15 is 0 Å². The van der Waals surface area contributed by atoms with E-state index in [1.165, 1.54) is 32.1 Å². The predicted octanol–water partition coefficient (Wildman–Crippen LogP) is 3.45. The molecule has 0 bridgehead atoms. The molecule has 1 N–H and O–H groups in total. The average Bonchev–Trinajstić information content (AvgIpc) is 2.80. The van der Waals surface area contributed by atoms with Gasteiger partial charge in [0.2, 0.25) is 5.95 Å². The van der Waals surface area contributed by atoms with Gasteiger partial charge in [-0.25, -0.2) is 4.98 Å². The predicted molar refractivity (Wildman–Crippen MR) is 85.3 cm³/mol. The molecular formula is C16H30N4. The van der Waals surface area contributed by atoms with Crippen molar-refractivity contribution in [1.29, 1.82) is 0 Å². The number of likely N-dealkylation sites (N-methyl/N-ethyl adjacent to an activating group) is 1. The van der Waals surface area contributed by atoms with Crippen molar-refractivity contribution in [1.82, 2.24) is 14.5 Å². The Morgan fingerprint density at radius 1 is 1.35 bits per heavy atom. The smallest absolute Gasteiger partial charge is 0.203 e. The Morgan fingerprint density at radius 3 is 2.70 bits per heavy atom. The van der Waals surface area contributed by atoms with Crippen LogP contribution < -0.4 is 5.32 Å². The minimum Gasteiger partial charge on any atom is -0.354 e. The number of rotatable bonds is 6. The molecule has 0 aliphatic heterocycles. The second-order valence-corrected chi connectivity index (χ2v) is 6.41. The maximum Gasteiger partial charge on any atom is 0.203 e. The molecule has 1 aromatic heterocycles. The highest BCUT2D eigenvalue weighted by molar-refractivity contribution is 5.29. The van der Waals surface area contributed by atoms with Gasteiger partial charge >= 0.3 is 0 Å². The van der Waals surface area contributed by atoms with Gasteiger partial charge in [-0.3, -0.25) is 0 Å². The molecule has 4 nitrogen and oxygen atoms in total. The lowest BCUT2D eigenvalue weighted by molar-refractivity contribution is 0.284. The zero-order chi connectivity index (χ0) is 14.5. The van der Waals surface area contributed by atoms with E-state index in [9.17, 15) is 0 Å². The Hall–Kier alpha value is -1.03. The highest BCUT2D eigenvalue weighted by Gasteiger charge is 2.18. The van der Waals surface area contributed by atoms with Crippen molar-refractivity contribution in [2.75, 3.05) is 25.5 Å². The number of aryl methyl sites for hydroxylation is 1. The average molecular weight is 278 g/mol. The molecule has 1 fully saturated rings. The van der Waals surface area contributed by atoms with Crippen molar-refractivity contribution >= 4 is 5.95 Å². The summed E-state index contributed by atoms with van der Waals surface area (Å²) >= 11 is 0. The fourth-order valence-electron chi connectivity index (χ4n) is 2.89. The van der Waals surface area contributed by atoms with Crippen LogP contribution in [0.15, 0.2) is 6.20 Å². The third-order valence-corrected chi connectivity index (χ3v) is 4.45. The Bertz CT molecular complexity index is 405. The number of imidazole rings is 1. The summed E-state index contributed by atoms with van der Waals surface area (Å²) in [5.74, 6) is 1.06. The normalized spacial score (nSPS) is 17.1. The lowest BCUT2D eigenvalue weighted by Gasteiger charge is -2.25. The molecule has 1 heterocycles. The summed E-state index contributed by atoms with van der Waals surface area (Å²) in [4.78, 5) is 7.02. The van der Waals surface area contributed by atoms with Crippen molar-refractivity contribution in [3.8, 4) is 0 Å². The van der Waals surface area contributed by atoms with Crippen molar-refractivity contribution < 1.29 is 0 Å². The number of anilines is 1. The third kappa shape index (κ3) is 3.98. The Morgan fingerprint density at radius 2 is 2.05 bits per heavy atom. The standard InChI is InChI=1S/C16H30N4/c1-13(2)19(4)11-10-17-16-18-14(3)12-20(16)15-8-6-5-7-9-15/h12-13,15H,5-11H2,1-4H3,(H,17,18). The van der Waals surface area contributed by atoms with Crippen molar-refractivity contribution in [2.24, 2.45) is 0 Å². The highest BCUT2D eigenvalue weighted by atomic mass is 15.2. The molecular weight excluding hydrogens is 248 g/mol. The van der Waals surface area contributed by atoms with Gasteiger partial charge < -0.3 is 14.8 Å². The molecule has 1 aliphatic rings. The Kier molecular flexibility index (Phi) is 5.46. The highest BCUT2D eigenvalue weighted by Crippen LogP contribution is 2.30. The van der Waals surface area contributed by atoms with E-state index in [1.54, 1.807) is 0 Å². The second-order valence-electron chi connectivity index (χ2n) is 6.41. The SMILES string of the molecule is Cc1cn(C2CCCCC2)c(NCCN(C)C(C)C)n1. The first-order valence-electron chi connectivity index (χ1n) is 8.07. The summed E-state index contributed by atoms with van der Waals surface area (Å²) in [5, 5.41) is 3.53. The van der Waals surface area contributed by atoms with Crippen LogP contribution in [0.25, 0.3) is 0 Å². The molecule has 20 heavy (non-hydrogen) atoms. The molecule has 4 heteroatoms. The zero-order valence-corrected chi connectivity index (χ0v) is 13.5. The van der Waals surface area contributed by atoms with Crippen LogP contribution in [0, 0.1) is 6.92 Å². The van der Waals surface area contributed by atoms with Crippen LogP contribution in [0.4, 0.5) is 5.95 Å². The minimum absolute atomic E-state index is 0.594. The molecule has 0 atom stereocenters. The van der Waals surface area contributed by atoms with E-state index in [-0.39, 0.29) is 0 Å². The van der Waals surface area contributed by atoms with Gasteiger partial charge in [-0.05, 0) is 40.7 Å². The van der Waals surface area contributed by atoms with Crippen LogP contribution in [-0.4, -0.2) is 40.6 Å². The van der Waals surface area contributed by atoms with Crippen molar-refractivity contribution in [2.45, 2.75) is 65.0 Å². The van der Waals surface area contributed by atoms with Gasteiger partial charge in [0.15, 0.2) is 0 Å². The first kappa shape index (κ1) is 15.4.